The summed E-state index contributed by atoms with van der Waals surface area (Å²) in [6.07, 6.45) is 3.35. The molecule has 0 radical (unpaired) electrons. The fourth-order valence-corrected chi connectivity index (χ4v) is 2.51. The van der Waals surface area contributed by atoms with Crippen molar-refractivity contribution in [2.75, 3.05) is 11.2 Å². The Balaban J connectivity index is 3.09. The maximum absolute atomic E-state index is 10.3. The largest absolute Gasteiger partial charge is 0.335 e. The van der Waals surface area contributed by atoms with Crippen molar-refractivity contribution < 1.29 is 14.4 Å². The molecule has 2 N–H and O–H groups in total. The van der Waals surface area contributed by atoms with Crippen molar-refractivity contribution in [3.05, 3.63) is 0 Å². The predicted molar refractivity (Wildman–Crippen MR) is 48.9 cm³/mol. The maximum Gasteiger partial charge on any atom is 0.335 e. The van der Waals surface area contributed by atoms with Crippen LogP contribution in [0.1, 0.15) is 26.2 Å². The highest BCUT2D eigenvalue weighted by Gasteiger charge is 2.11. The second-order valence-corrected chi connectivity index (χ2v) is 5.59. The van der Waals surface area contributed by atoms with Gasteiger partial charge in [0.1, 0.15) is 0 Å². The average Bonchev–Trinajstić information content (AvgIpc) is 1.85. The molecule has 0 saturated heterocycles. The van der Waals surface area contributed by atoms with Crippen molar-refractivity contribution in [1.29, 1.82) is 0 Å². The van der Waals surface area contributed by atoms with E-state index in [0.717, 1.165) is 25.0 Å². The Labute approximate surface area is 71.7 Å². The van der Waals surface area contributed by atoms with Crippen LogP contribution < -0.4 is 0 Å². The molecule has 0 unspecified atom stereocenters. The highest BCUT2D eigenvalue weighted by molar-refractivity contribution is 8.04. The Morgan fingerprint density at radius 1 is 1.36 bits per heavy atom. The van der Waals surface area contributed by atoms with Crippen molar-refractivity contribution in [1.82, 2.24) is 0 Å². The molecule has 0 bridgehead atoms. The molecule has 0 saturated carbocycles. The van der Waals surface area contributed by atoms with Crippen LogP contribution >= 0.6 is 19.4 Å². The first-order valence-corrected chi connectivity index (χ1v) is 6.64. The Morgan fingerprint density at radius 3 is 2.45 bits per heavy atom. The molecule has 0 heterocycles. The third-order valence-corrected chi connectivity index (χ3v) is 3.80. The zero-order chi connectivity index (χ0) is 8.74. The topological polar surface area (TPSA) is 57.5 Å². The summed E-state index contributed by atoms with van der Waals surface area (Å²) in [5, 5.41) is 0. The monoisotopic (exact) mass is 198 g/mol. The molecule has 68 valence electrons. The second kappa shape index (κ2) is 6.06. The molecule has 0 aromatic heterocycles. The van der Waals surface area contributed by atoms with Crippen molar-refractivity contribution in [3.8, 4) is 0 Å². The van der Waals surface area contributed by atoms with Gasteiger partial charge in [-0.2, -0.15) is 0 Å². The van der Waals surface area contributed by atoms with E-state index in [4.69, 9.17) is 9.79 Å². The molecule has 0 spiro atoms. The Morgan fingerprint density at radius 2 is 2.00 bits per heavy atom. The van der Waals surface area contributed by atoms with Crippen LogP contribution in [0.3, 0.4) is 0 Å². The van der Waals surface area contributed by atoms with E-state index in [1.165, 1.54) is 11.8 Å². The van der Waals surface area contributed by atoms with E-state index < -0.39 is 7.60 Å². The minimum absolute atomic E-state index is 0.0310. The molecule has 11 heavy (non-hydrogen) atoms. The Hall–Kier alpha value is 0.500. The molecular weight excluding hydrogens is 183 g/mol. The van der Waals surface area contributed by atoms with Crippen LogP contribution in [0, 0.1) is 0 Å². The smallest absolute Gasteiger partial charge is 0.324 e. The van der Waals surface area contributed by atoms with E-state index in [9.17, 15) is 4.57 Å². The van der Waals surface area contributed by atoms with Gasteiger partial charge in [-0.3, -0.25) is 4.57 Å². The highest BCUT2D eigenvalue weighted by atomic mass is 32.2. The molecule has 0 rings (SSSR count). The van der Waals surface area contributed by atoms with Gasteiger partial charge in [0.15, 0.2) is 0 Å². The first kappa shape index (κ1) is 11.5. The van der Waals surface area contributed by atoms with E-state index in [1.54, 1.807) is 0 Å². The van der Waals surface area contributed by atoms with Gasteiger partial charge in [-0.1, -0.05) is 19.8 Å². The summed E-state index contributed by atoms with van der Waals surface area (Å²) in [7, 11) is -3.75. The van der Waals surface area contributed by atoms with Crippen molar-refractivity contribution in [2.45, 2.75) is 26.2 Å². The summed E-state index contributed by atoms with van der Waals surface area (Å²) in [4.78, 5) is 16.9. The lowest BCUT2D eigenvalue weighted by atomic mass is 10.3. The van der Waals surface area contributed by atoms with Gasteiger partial charge in [0.05, 0.1) is 5.49 Å². The molecule has 0 aromatic carbocycles. The Kier molecular flexibility index (Phi) is 6.34. The minimum Gasteiger partial charge on any atom is -0.324 e. The molecule has 0 amide bonds. The second-order valence-electron chi connectivity index (χ2n) is 2.41. The molecule has 0 atom stereocenters. The first-order chi connectivity index (χ1) is 5.06. The van der Waals surface area contributed by atoms with Crippen molar-refractivity contribution >= 4 is 19.4 Å². The third kappa shape index (κ3) is 10.5. The van der Waals surface area contributed by atoms with Gasteiger partial charge in [-0.05, 0) is 12.2 Å². The average molecular weight is 198 g/mol. The number of unbranched alkanes of at least 4 members (excludes halogenated alkanes) is 2. The molecular formula is C6H15O3PS. The van der Waals surface area contributed by atoms with Crippen LogP contribution in [0.5, 0.6) is 0 Å². The van der Waals surface area contributed by atoms with Gasteiger partial charge in [0.2, 0.25) is 0 Å². The first-order valence-electron chi connectivity index (χ1n) is 3.68. The van der Waals surface area contributed by atoms with Crippen LogP contribution in [-0.2, 0) is 4.57 Å². The summed E-state index contributed by atoms with van der Waals surface area (Å²) in [5.74, 6) is 0.860. The fraction of sp³-hybridized carbons (Fsp3) is 1.00. The quantitative estimate of drug-likeness (QED) is 0.506. The lowest BCUT2D eigenvalue weighted by molar-refractivity contribution is 0.379. The van der Waals surface area contributed by atoms with Crippen LogP contribution in [0.15, 0.2) is 0 Å². The van der Waals surface area contributed by atoms with Gasteiger partial charge in [-0.15, -0.1) is 11.8 Å². The normalized spacial score (nSPS) is 11.9. The van der Waals surface area contributed by atoms with E-state index in [1.807, 2.05) is 0 Å². The van der Waals surface area contributed by atoms with Gasteiger partial charge in [-0.25, -0.2) is 0 Å². The predicted octanol–water partition coefficient (Wildman–Crippen LogP) is 2.05. The van der Waals surface area contributed by atoms with Gasteiger partial charge in [0, 0.05) is 0 Å². The Bertz CT molecular complexity index is 134. The SMILES string of the molecule is CCCCCSCP(=O)(O)O. The molecule has 0 aromatic rings. The van der Waals surface area contributed by atoms with Crippen LogP contribution in [0.4, 0.5) is 0 Å². The lowest BCUT2D eigenvalue weighted by Gasteiger charge is -2.02. The molecule has 0 aliphatic heterocycles. The van der Waals surface area contributed by atoms with E-state index in [0.29, 0.717) is 0 Å². The van der Waals surface area contributed by atoms with Crippen LogP contribution in [-0.4, -0.2) is 21.0 Å². The molecule has 0 fully saturated rings. The number of hydrogen-bond donors (Lipinski definition) is 2. The standard InChI is InChI=1S/C6H15O3PS/c1-2-3-4-5-11-6-10(7,8)9/h2-6H2,1H3,(H2,7,8,9). The van der Waals surface area contributed by atoms with Gasteiger partial charge >= 0.3 is 7.60 Å². The van der Waals surface area contributed by atoms with Crippen LogP contribution in [0.25, 0.3) is 0 Å². The molecule has 5 heteroatoms. The van der Waals surface area contributed by atoms with Gasteiger partial charge < -0.3 is 9.79 Å². The van der Waals surface area contributed by atoms with Crippen LogP contribution in [0.2, 0.25) is 0 Å². The zero-order valence-electron chi connectivity index (χ0n) is 6.69. The summed E-state index contributed by atoms with van der Waals surface area (Å²) in [6.45, 7) is 2.10. The summed E-state index contributed by atoms with van der Waals surface area (Å²) in [6, 6.07) is 0. The molecule has 0 aliphatic carbocycles. The zero-order valence-corrected chi connectivity index (χ0v) is 8.40. The summed E-state index contributed by atoms with van der Waals surface area (Å²) < 4.78 is 10.3. The highest BCUT2D eigenvalue weighted by Crippen LogP contribution is 2.38. The van der Waals surface area contributed by atoms with Gasteiger partial charge in [0.25, 0.3) is 0 Å². The molecule has 3 nitrogen and oxygen atoms in total. The third-order valence-electron chi connectivity index (χ3n) is 1.15. The number of thioether (sulfide) groups is 1. The number of hydrogen-bond acceptors (Lipinski definition) is 2. The number of rotatable bonds is 6. The molecule has 0 aliphatic rings. The summed E-state index contributed by atoms with van der Waals surface area (Å²) in [5.41, 5.74) is -0.0310. The summed E-state index contributed by atoms with van der Waals surface area (Å²) >= 11 is 1.34. The maximum atomic E-state index is 10.3. The fourth-order valence-electron chi connectivity index (χ4n) is 0.638. The van der Waals surface area contributed by atoms with Crippen molar-refractivity contribution in [2.24, 2.45) is 0 Å². The van der Waals surface area contributed by atoms with E-state index in [2.05, 4.69) is 6.92 Å². The minimum atomic E-state index is -3.75. The van der Waals surface area contributed by atoms with E-state index >= 15 is 0 Å². The van der Waals surface area contributed by atoms with E-state index in [-0.39, 0.29) is 5.49 Å². The van der Waals surface area contributed by atoms with Crippen molar-refractivity contribution in [3.63, 3.8) is 0 Å². The lowest BCUT2D eigenvalue weighted by Crippen LogP contribution is -1.85.